The van der Waals surface area contributed by atoms with Crippen molar-refractivity contribution >= 4 is 22.6 Å². The van der Waals surface area contributed by atoms with Crippen molar-refractivity contribution in [3.8, 4) is 5.75 Å². The van der Waals surface area contributed by atoms with Gasteiger partial charge in [0.2, 0.25) is 11.7 Å². The Kier molecular flexibility index (Phi) is 6.07. The number of nitrogens with zero attached hydrogens (tertiary/aromatic N) is 4. The molecule has 2 aromatic heterocycles. The monoisotopic (exact) mass is 487 g/mol. The van der Waals surface area contributed by atoms with E-state index in [9.17, 15) is 18.8 Å². The van der Waals surface area contributed by atoms with E-state index in [1.165, 1.54) is 21.1 Å². The predicted molar refractivity (Wildman–Crippen MR) is 132 cm³/mol. The number of nitrogens with one attached hydrogen (secondary N) is 1. The number of fused-ring (bicyclic) bond motifs is 3. The summed E-state index contributed by atoms with van der Waals surface area (Å²) in [7, 11) is 1.58. The lowest BCUT2D eigenvalue weighted by Crippen LogP contribution is -2.32. The number of halogens is 1. The Morgan fingerprint density at radius 1 is 0.972 bits per heavy atom. The molecule has 0 aliphatic carbocycles. The average molecular weight is 487 g/mol. The molecule has 0 aliphatic rings. The number of benzene rings is 3. The molecule has 0 atom stereocenters. The fourth-order valence-corrected chi connectivity index (χ4v) is 4.02. The highest BCUT2D eigenvalue weighted by Crippen LogP contribution is 2.13. The van der Waals surface area contributed by atoms with Crippen LogP contribution in [-0.2, 0) is 24.4 Å². The summed E-state index contributed by atoms with van der Waals surface area (Å²) < 4.78 is 22.2. The van der Waals surface area contributed by atoms with Gasteiger partial charge in [0, 0.05) is 6.54 Å². The highest BCUT2D eigenvalue weighted by Gasteiger charge is 2.19. The van der Waals surface area contributed by atoms with E-state index in [4.69, 9.17) is 4.74 Å². The van der Waals surface area contributed by atoms with Crippen LogP contribution in [0.15, 0.2) is 82.4 Å². The second-order valence-electron chi connectivity index (χ2n) is 8.24. The second kappa shape index (κ2) is 9.49. The first-order valence-corrected chi connectivity index (χ1v) is 11.2. The van der Waals surface area contributed by atoms with Crippen LogP contribution in [0, 0.1) is 5.82 Å². The maximum absolute atomic E-state index is 13.4. The molecule has 10 heteroatoms. The highest BCUT2D eigenvalue weighted by atomic mass is 19.1. The van der Waals surface area contributed by atoms with Crippen LogP contribution in [-0.4, -0.2) is 31.8 Å². The molecule has 2 heterocycles. The molecule has 0 saturated carbocycles. The topological polar surface area (TPSA) is 99.6 Å². The van der Waals surface area contributed by atoms with Crippen molar-refractivity contribution in [3.63, 3.8) is 0 Å². The number of amides is 1. The number of para-hydroxylation sites is 1. The molecule has 0 radical (unpaired) electrons. The van der Waals surface area contributed by atoms with Gasteiger partial charge in [-0.3, -0.25) is 14.2 Å². The largest absolute Gasteiger partial charge is 0.497 e. The maximum Gasteiger partial charge on any atom is 0.352 e. The van der Waals surface area contributed by atoms with Gasteiger partial charge in [-0.05, 0) is 47.5 Å². The van der Waals surface area contributed by atoms with Gasteiger partial charge in [0.1, 0.15) is 18.1 Å². The third-order valence-electron chi connectivity index (χ3n) is 5.88. The van der Waals surface area contributed by atoms with Crippen molar-refractivity contribution in [2.24, 2.45) is 0 Å². The van der Waals surface area contributed by atoms with Gasteiger partial charge < -0.3 is 10.1 Å². The Labute approximate surface area is 204 Å². The van der Waals surface area contributed by atoms with Gasteiger partial charge in [-0.25, -0.2) is 18.3 Å². The van der Waals surface area contributed by atoms with E-state index >= 15 is 0 Å². The van der Waals surface area contributed by atoms with Crippen LogP contribution >= 0.6 is 0 Å². The minimum Gasteiger partial charge on any atom is -0.497 e. The molecule has 0 saturated heterocycles. The SMILES string of the molecule is COc1ccc(CNC(=O)Cn2nc3n(Cc4ccc(F)cc4)c(=O)c4ccccc4n3c2=O)cc1. The number of carbonyl (C=O) groups is 1. The van der Waals surface area contributed by atoms with Crippen molar-refractivity contribution in [1.29, 1.82) is 0 Å². The van der Waals surface area contributed by atoms with Crippen LogP contribution < -0.4 is 21.3 Å². The smallest absolute Gasteiger partial charge is 0.352 e. The Balaban J connectivity index is 1.49. The number of methoxy groups -OCH3 is 1. The van der Waals surface area contributed by atoms with Gasteiger partial charge >= 0.3 is 5.69 Å². The Bertz CT molecular complexity index is 1690. The summed E-state index contributed by atoms with van der Waals surface area (Å²) in [5.74, 6) is 0.000172. The third kappa shape index (κ3) is 4.36. The van der Waals surface area contributed by atoms with Crippen LogP contribution in [0.5, 0.6) is 5.75 Å². The molecule has 36 heavy (non-hydrogen) atoms. The molecular formula is C26H22FN5O4. The van der Waals surface area contributed by atoms with Crippen LogP contribution in [0.25, 0.3) is 16.7 Å². The molecule has 9 nitrogen and oxygen atoms in total. The zero-order valence-electron chi connectivity index (χ0n) is 19.3. The summed E-state index contributed by atoms with van der Waals surface area (Å²) in [5, 5.41) is 7.44. The Hall–Kier alpha value is -4.73. The minimum atomic E-state index is -0.548. The zero-order valence-corrected chi connectivity index (χ0v) is 19.3. The fraction of sp³-hybridized carbons (Fsp3) is 0.154. The number of aromatic nitrogens is 4. The normalized spacial score (nSPS) is 11.2. The molecule has 1 amide bonds. The van der Waals surface area contributed by atoms with Gasteiger partial charge in [-0.2, -0.15) is 0 Å². The molecule has 0 bridgehead atoms. The highest BCUT2D eigenvalue weighted by molar-refractivity contribution is 5.80. The maximum atomic E-state index is 13.4. The van der Waals surface area contributed by atoms with Crippen LogP contribution in [0.3, 0.4) is 0 Å². The molecule has 3 aromatic carbocycles. The van der Waals surface area contributed by atoms with Crippen LogP contribution in [0.4, 0.5) is 4.39 Å². The second-order valence-corrected chi connectivity index (χ2v) is 8.24. The fourth-order valence-electron chi connectivity index (χ4n) is 4.02. The molecule has 1 N–H and O–H groups in total. The van der Waals surface area contributed by atoms with Gasteiger partial charge in [0.05, 0.1) is 24.6 Å². The molecule has 0 aliphatic heterocycles. The number of carbonyl (C=O) groups excluding carboxylic acids is 1. The van der Waals surface area contributed by atoms with Crippen molar-refractivity contribution in [3.05, 3.63) is 111 Å². The van der Waals surface area contributed by atoms with Crippen molar-refractivity contribution < 1.29 is 13.9 Å². The summed E-state index contributed by atoms with van der Waals surface area (Å²) in [6.45, 7) is 0.0203. The van der Waals surface area contributed by atoms with Gasteiger partial charge in [-0.1, -0.05) is 36.4 Å². The lowest BCUT2D eigenvalue weighted by Gasteiger charge is -2.09. The molecule has 5 rings (SSSR count). The average Bonchev–Trinajstić information content (AvgIpc) is 3.22. The first-order chi connectivity index (χ1) is 17.4. The molecule has 182 valence electrons. The molecule has 0 unspecified atom stereocenters. The summed E-state index contributed by atoms with van der Waals surface area (Å²) in [6, 6.07) is 19.7. The number of hydrogen-bond donors (Lipinski definition) is 1. The molecular weight excluding hydrogens is 465 g/mol. The van der Waals surface area contributed by atoms with E-state index in [-0.39, 0.29) is 31.0 Å². The predicted octanol–water partition coefficient (Wildman–Crippen LogP) is 2.32. The number of rotatable bonds is 7. The third-order valence-corrected chi connectivity index (χ3v) is 5.88. The number of ether oxygens (including phenoxy) is 1. The summed E-state index contributed by atoms with van der Waals surface area (Å²) in [6.07, 6.45) is 0. The standard InChI is InChI=1S/C26H22FN5O4/c1-36-20-12-8-17(9-13-20)14-28-23(33)16-31-26(35)32-22-5-3-2-4-21(22)24(34)30(25(32)29-31)15-18-6-10-19(27)11-7-18/h2-13H,14-16H2,1H3,(H,28,33). The zero-order chi connectivity index (χ0) is 25.2. The minimum absolute atomic E-state index is 0.0770. The molecule has 5 aromatic rings. The first kappa shape index (κ1) is 23.0. The summed E-state index contributed by atoms with van der Waals surface area (Å²) in [4.78, 5) is 39.2. The van der Waals surface area contributed by atoms with Crippen molar-refractivity contribution in [2.75, 3.05) is 7.11 Å². The van der Waals surface area contributed by atoms with Crippen molar-refractivity contribution in [2.45, 2.75) is 19.6 Å². The van der Waals surface area contributed by atoms with Crippen molar-refractivity contribution in [1.82, 2.24) is 24.1 Å². The molecule has 0 fully saturated rings. The Morgan fingerprint density at radius 3 is 2.39 bits per heavy atom. The van der Waals surface area contributed by atoms with E-state index in [2.05, 4.69) is 10.4 Å². The van der Waals surface area contributed by atoms with Crippen LogP contribution in [0.2, 0.25) is 0 Å². The first-order valence-electron chi connectivity index (χ1n) is 11.2. The van der Waals surface area contributed by atoms with Gasteiger partial charge in [0.25, 0.3) is 5.56 Å². The van der Waals surface area contributed by atoms with Gasteiger partial charge in [0.15, 0.2) is 0 Å². The van der Waals surface area contributed by atoms with E-state index in [1.54, 1.807) is 55.6 Å². The molecule has 0 spiro atoms. The number of hydrogen-bond acceptors (Lipinski definition) is 5. The van der Waals surface area contributed by atoms with E-state index in [1.807, 2.05) is 12.1 Å². The van der Waals surface area contributed by atoms with Gasteiger partial charge in [-0.15, -0.1) is 5.10 Å². The quantitative estimate of drug-likeness (QED) is 0.380. The Morgan fingerprint density at radius 2 is 1.67 bits per heavy atom. The summed E-state index contributed by atoms with van der Waals surface area (Å²) in [5.41, 5.74) is 1.03. The lowest BCUT2D eigenvalue weighted by atomic mass is 10.2. The van der Waals surface area contributed by atoms with E-state index < -0.39 is 17.4 Å². The lowest BCUT2D eigenvalue weighted by molar-refractivity contribution is -0.122. The van der Waals surface area contributed by atoms with E-state index in [0.29, 0.717) is 22.2 Å². The summed E-state index contributed by atoms with van der Waals surface area (Å²) >= 11 is 0. The van der Waals surface area contributed by atoms with Crippen LogP contribution in [0.1, 0.15) is 11.1 Å². The van der Waals surface area contributed by atoms with E-state index in [0.717, 1.165) is 10.2 Å².